The van der Waals surface area contributed by atoms with E-state index in [1.54, 1.807) is 24.3 Å². The Bertz CT molecular complexity index is 731. The summed E-state index contributed by atoms with van der Waals surface area (Å²) in [4.78, 5) is 4.50. The van der Waals surface area contributed by atoms with E-state index >= 15 is 0 Å². The quantitative estimate of drug-likeness (QED) is 0.793. The smallest absolute Gasteiger partial charge is 0.257 e. The van der Waals surface area contributed by atoms with Crippen molar-refractivity contribution in [1.29, 1.82) is 0 Å². The Hall–Kier alpha value is -2.62. The maximum absolute atomic E-state index is 9.32. The molecule has 0 unspecified atom stereocenters. The Morgan fingerprint density at radius 3 is 2.29 bits per heavy atom. The largest absolute Gasteiger partial charge is 0.508 e. The number of hydrogen-bond donors (Lipinski definition) is 1. The molecule has 0 aliphatic carbocycles. The minimum absolute atomic E-state index is 0.211. The minimum Gasteiger partial charge on any atom is -0.508 e. The van der Waals surface area contributed by atoms with E-state index in [2.05, 4.69) is 36.1 Å². The minimum atomic E-state index is -0.333. The van der Waals surface area contributed by atoms with Crippen molar-refractivity contribution in [2.24, 2.45) is 0 Å². The van der Waals surface area contributed by atoms with Gasteiger partial charge in [0.2, 0.25) is 0 Å². The van der Waals surface area contributed by atoms with Crippen LogP contribution >= 0.6 is 0 Å². The summed E-state index contributed by atoms with van der Waals surface area (Å²) in [5, 5.41) is 13.4. The number of nitrogens with zero attached hydrogens (tertiary/aromatic N) is 2. The summed E-state index contributed by atoms with van der Waals surface area (Å²) in [6.45, 7) is 4.13. The molecular weight excluding hydrogens is 264 g/mol. The van der Waals surface area contributed by atoms with Gasteiger partial charge < -0.3 is 9.63 Å². The van der Waals surface area contributed by atoms with Crippen molar-refractivity contribution in [3.63, 3.8) is 0 Å². The Kier molecular flexibility index (Phi) is 3.22. The van der Waals surface area contributed by atoms with Crippen LogP contribution in [0.25, 0.3) is 11.5 Å². The van der Waals surface area contributed by atoms with E-state index < -0.39 is 0 Å². The van der Waals surface area contributed by atoms with E-state index in [4.69, 9.17) is 4.52 Å². The number of benzene rings is 2. The molecule has 0 radical (unpaired) electrons. The zero-order valence-corrected chi connectivity index (χ0v) is 11.9. The molecule has 4 nitrogen and oxygen atoms in total. The average molecular weight is 280 g/mol. The molecule has 0 bridgehead atoms. The molecule has 4 heteroatoms. The van der Waals surface area contributed by atoms with Gasteiger partial charge in [-0.05, 0) is 43.7 Å². The summed E-state index contributed by atoms with van der Waals surface area (Å²) < 4.78 is 5.36. The van der Waals surface area contributed by atoms with E-state index in [9.17, 15) is 5.11 Å². The van der Waals surface area contributed by atoms with E-state index in [0.717, 1.165) is 11.1 Å². The number of aromatic hydroxyl groups is 1. The summed E-state index contributed by atoms with van der Waals surface area (Å²) in [5.74, 6) is 1.30. The molecule has 0 spiro atoms. The third-order valence-electron chi connectivity index (χ3n) is 3.59. The zero-order chi connectivity index (χ0) is 14.9. The predicted molar refractivity (Wildman–Crippen MR) is 80.0 cm³/mol. The van der Waals surface area contributed by atoms with Gasteiger partial charge >= 0.3 is 0 Å². The normalized spacial score (nSPS) is 11.5. The molecule has 2 aromatic carbocycles. The van der Waals surface area contributed by atoms with E-state index in [-0.39, 0.29) is 11.2 Å². The number of rotatable bonds is 3. The van der Waals surface area contributed by atoms with Crippen LogP contribution in [0.2, 0.25) is 0 Å². The lowest BCUT2D eigenvalue weighted by Gasteiger charge is -2.20. The topological polar surface area (TPSA) is 59.2 Å². The highest BCUT2D eigenvalue weighted by Crippen LogP contribution is 2.30. The second kappa shape index (κ2) is 5.05. The summed E-state index contributed by atoms with van der Waals surface area (Å²) >= 11 is 0. The first kappa shape index (κ1) is 13.4. The standard InChI is InChI=1S/C17H16N2O2/c1-17(2,13-6-4-3-5-7-13)16-18-15(21-19-16)12-8-10-14(20)11-9-12/h3-11,20H,1-2H3. The van der Waals surface area contributed by atoms with Crippen molar-refractivity contribution < 1.29 is 9.63 Å². The molecule has 3 aromatic rings. The van der Waals surface area contributed by atoms with E-state index in [1.165, 1.54) is 0 Å². The lowest BCUT2D eigenvalue weighted by atomic mass is 9.84. The van der Waals surface area contributed by atoms with Crippen LogP contribution in [0.3, 0.4) is 0 Å². The monoisotopic (exact) mass is 280 g/mol. The fourth-order valence-electron chi connectivity index (χ4n) is 2.18. The van der Waals surface area contributed by atoms with Gasteiger partial charge in [-0.3, -0.25) is 0 Å². The van der Waals surface area contributed by atoms with Crippen LogP contribution < -0.4 is 0 Å². The van der Waals surface area contributed by atoms with Crippen molar-refractivity contribution in [2.75, 3.05) is 0 Å². The van der Waals surface area contributed by atoms with Crippen molar-refractivity contribution in [3.05, 3.63) is 66.0 Å². The summed E-state index contributed by atoms with van der Waals surface area (Å²) in [6, 6.07) is 16.8. The molecule has 0 atom stereocenters. The van der Waals surface area contributed by atoms with Crippen LogP contribution in [0.1, 0.15) is 25.2 Å². The first-order valence-electron chi connectivity index (χ1n) is 6.76. The molecule has 21 heavy (non-hydrogen) atoms. The third-order valence-corrected chi connectivity index (χ3v) is 3.59. The van der Waals surface area contributed by atoms with Crippen molar-refractivity contribution >= 4 is 0 Å². The van der Waals surface area contributed by atoms with Gasteiger partial charge in [-0.2, -0.15) is 4.98 Å². The highest BCUT2D eigenvalue weighted by Gasteiger charge is 2.28. The first-order valence-corrected chi connectivity index (χ1v) is 6.76. The maximum Gasteiger partial charge on any atom is 0.257 e. The summed E-state index contributed by atoms with van der Waals surface area (Å²) in [7, 11) is 0. The molecule has 1 aromatic heterocycles. The molecule has 0 saturated heterocycles. The van der Waals surface area contributed by atoms with Gasteiger partial charge in [0, 0.05) is 5.56 Å². The van der Waals surface area contributed by atoms with Crippen LogP contribution in [0.4, 0.5) is 0 Å². The second-order valence-electron chi connectivity index (χ2n) is 5.46. The lowest BCUT2D eigenvalue weighted by molar-refractivity contribution is 0.408. The van der Waals surface area contributed by atoms with E-state index in [0.29, 0.717) is 11.7 Å². The fourth-order valence-corrected chi connectivity index (χ4v) is 2.18. The van der Waals surface area contributed by atoms with Gasteiger partial charge in [-0.25, -0.2) is 0 Å². The fraction of sp³-hybridized carbons (Fsp3) is 0.176. The summed E-state index contributed by atoms with van der Waals surface area (Å²) in [6.07, 6.45) is 0. The molecule has 0 saturated carbocycles. The van der Waals surface area contributed by atoms with Gasteiger partial charge in [0.15, 0.2) is 5.82 Å². The Morgan fingerprint density at radius 2 is 1.62 bits per heavy atom. The number of phenols is 1. The zero-order valence-electron chi connectivity index (χ0n) is 11.9. The van der Waals surface area contributed by atoms with Crippen LogP contribution in [0.5, 0.6) is 5.75 Å². The third kappa shape index (κ3) is 2.52. The highest BCUT2D eigenvalue weighted by atomic mass is 16.5. The van der Waals surface area contributed by atoms with Crippen molar-refractivity contribution in [3.8, 4) is 17.2 Å². The molecule has 3 rings (SSSR count). The van der Waals surface area contributed by atoms with Gasteiger partial charge in [0.05, 0.1) is 5.41 Å². The number of aromatic nitrogens is 2. The number of hydrogen-bond acceptors (Lipinski definition) is 4. The number of phenolic OH excluding ortho intramolecular Hbond substituents is 1. The summed E-state index contributed by atoms with van der Waals surface area (Å²) in [5.41, 5.74) is 1.58. The Labute approximate surface area is 123 Å². The van der Waals surface area contributed by atoms with Gasteiger partial charge in [-0.1, -0.05) is 35.5 Å². The van der Waals surface area contributed by atoms with Crippen molar-refractivity contribution in [2.45, 2.75) is 19.3 Å². The molecular formula is C17H16N2O2. The second-order valence-corrected chi connectivity index (χ2v) is 5.46. The van der Waals surface area contributed by atoms with E-state index in [1.807, 2.05) is 18.2 Å². The highest BCUT2D eigenvalue weighted by molar-refractivity contribution is 5.54. The molecule has 0 aliphatic rings. The maximum atomic E-state index is 9.32. The molecule has 0 amide bonds. The van der Waals surface area contributed by atoms with Crippen LogP contribution in [0, 0.1) is 0 Å². The van der Waals surface area contributed by atoms with Crippen molar-refractivity contribution in [1.82, 2.24) is 10.1 Å². The lowest BCUT2D eigenvalue weighted by Crippen LogP contribution is -2.20. The molecule has 1 heterocycles. The SMILES string of the molecule is CC(C)(c1ccccc1)c1noc(-c2ccc(O)cc2)n1. The predicted octanol–water partition coefficient (Wildman–Crippen LogP) is 3.77. The Morgan fingerprint density at radius 1 is 0.952 bits per heavy atom. The van der Waals surface area contributed by atoms with Crippen LogP contribution in [-0.2, 0) is 5.41 Å². The van der Waals surface area contributed by atoms with Gasteiger partial charge in [-0.15, -0.1) is 0 Å². The average Bonchev–Trinajstić information content (AvgIpc) is 2.99. The molecule has 0 aliphatic heterocycles. The van der Waals surface area contributed by atoms with Gasteiger partial charge in [0.25, 0.3) is 5.89 Å². The Balaban J connectivity index is 1.96. The van der Waals surface area contributed by atoms with Gasteiger partial charge in [0.1, 0.15) is 5.75 Å². The first-order chi connectivity index (χ1) is 10.1. The molecule has 0 fully saturated rings. The van der Waals surface area contributed by atoms with Crippen LogP contribution in [0.15, 0.2) is 59.1 Å². The van der Waals surface area contributed by atoms with Crippen LogP contribution in [-0.4, -0.2) is 15.2 Å². The molecule has 1 N–H and O–H groups in total. The molecule has 106 valence electrons.